The molecule has 1 N–H and O–H groups in total. The van der Waals surface area contributed by atoms with Crippen LogP contribution in [-0.4, -0.2) is 19.1 Å². The lowest BCUT2D eigenvalue weighted by Crippen LogP contribution is -2.29. The molecular formula is C17H18FNO2. The van der Waals surface area contributed by atoms with Gasteiger partial charge in [-0.3, -0.25) is 4.79 Å². The zero-order valence-electron chi connectivity index (χ0n) is 11.9. The summed E-state index contributed by atoms with van der Waals surface area (Å²) >= 11 is 0. The average molecular weight is 287 g/mol. The van der Waals surface area contributed by atoms with Crippen molar-refractivity contribution >= 4 is 5.91 Å². The van der Waals surface area contributed by atoms with E-state index >= 15 is 0 Å². The molecule has 0 heterocycles. The van der Waals surface area contributed by atoms with Crippen LogP contribution in [-0.2, 0) is 11.2 Å². The van der Waals surface area contributed by atoms with Gasteiger partial charge < -0.3 is 10.1 Å². The van der Waals surface area contributed by atoms with Crippen molar-refractivity contribution in [2.24, 2.45) is 0 Å². The van der Waals surface area contributed by atoms with E-state index in [1.807, 2.05) is 31.2 Å². The molecule has 0 spiro atoms. The molecule has 0 aromatic heterocycles. The minimum atomic E-state index is -0.300. The van der Waals surface area contributed by atoms with Crippen molar-refractivity contribution in [3.63, 3.8) is 0 Å². The maximum Gasteiger partial charge on any atom is 0.224 e. The first kappa shape index (κ1) is 15.0. The highest BCUT2D eigenvalue weighted by atomic mass is 19.1. The van der Waals surface area contributed by atoms with Gasteiger partial charge in [0.1, 0.15) is 18.2 Å². The maximum atomic E-state index is 12.7. The first-order valence-corrected chi connectivity index (χ1v) is 6.84. The third kappa shape index (κ3) is 5.26. The van der Waals surface area contributed by atoms with Crippen molar-refractivity contribution in [2.75, 3.05) is 13.2 Å². The molecule has 0 bridgehead atoms. The van der Waals surface area contributed by atoms with Gasteiger partial charge in [0, 0.05) is 0 Å². The average Bonchev–Trinajstić information content (AvgIpc) is 2.46. The normalized spacial score (nSPS) is 10.2. The molecule has 4 heteroatoms. The third-order valence-electron chi connectivity index (χ3n) is 2.96. The van der Waals surface area contributed by atoms with Crippen LogP contribution >= 0.6 is 0 Å². The molecule has 3 nitrogen and oxygen atoms in total. The molecule has 1 amide bonds. The molecule has 2 aromatic rings. The predicted octanol–water partition coefficient (Wildman–Crippen LogP) is 2.87. The summed E-state index contributed by atoms with van der Waals surface area (Å²) in [7, 11) is 0. The van der Waals surface area contributed by atoms with Crippen LogP contribution in [0.25, 0.3) is 0 Å². The lowest BCUT2D eigenvalue weighted by molar-refractivity contribution is -0.120. The molecular weight excluding hydrogens is 269 g/mol. The Hall–Kier alpha value is -2.36. The number of carbonyl (C=O) groups is 1. The number of halogens is 1. The SMILES string of the molecule is Cc1cccc(OCCNC(=O)Cc2ccc(F)cc2)c1. The van der Waals surface area contributed by atoms with Gasteiger partial charge >= 0.3 is 0 Å². The molecule has 0 atom stereocenters. The van der Waals surface area contributed by atoms with E-state index in [1.54, 1.807) is 12.1 Å². The van der Waals surface area contributed by atoms with Gasteiger partial charge in [0.05, 0.1) is 13.0 Å². The fraction of sp³-hybridized carbons (Fsp3) is 0.235. The Balaban J connectivity index is 1.68. The van der Waals surface area contributed by atoms with Crippen LogP contribution in [0.15, 0.2) is 48.5 Å². The van der Waals surface area contributed by atoms with Crippen LogP contribution in [0.5, 0.6) is 5.75 Å². The number of amides is 1. The molecule has 110 valence electrons. The number of nitrogens with one attached hydrogen (secondary N) is 1. The zero-order valence-corrected chi connectivity index (χ0v) is 11.9. The van der Waals surface area contributed by atoms with Gasteiger partial charge in [0.15, 0.2) is 0 Å². The van der Waals surface area contributed by atoms with E-state index in [9.17, 15) is 9.18 Å². The Morgan fingerprint density at radius 3 is 2.67 bits per heavy atom. The number of ether oxygens (including phenoxy) is 1. The van der Waals surface area contributed by atoms with Crippen LogP contribution in [0.4, 0.5) is 4.39 Å². The quantitative estimate of drug-likeness (QED) is 0.830. The van der Waals surface area contributed by atoms with Crippen molar-refractivity contribution in [3.8, 4) is 5.75 Å². The van der Waals surface area contributed by atoms with E-state index in [-0.39, 0.29) is 18.1 Å². The Labute approximate surface area is 123 Å². The summed E-state index contributed by atoms with van der Waals surface area (Å²) in [5, 5.41) is 2.77. The highest BCUT2D eigenvalue weighted by Gasteiger charge is 2.03. The lowest BCUT2D eigenvalue weighted by atomic mass is 10.1. The summed E-state index contributed by atoms with van der Waals surface area (Å²) in [5.74, 6) is 0.392. The second-order valence-corrected chi connectivity index (χ2v) is 4.82. The Morgan fingerprint density at radius 1 is 1.19 bits per heavy atom. The molecule has 2 aromatic carbocycles. The van der Waals surface area contributed by atoms with Crippen LogP contribution in [0, 0.1) is 12.7 Å². The van der Waals surface area contributed by atoms with E-state index in [0.717, 1.165) is 16.9 Å². The van der Waals surface area contributed by atoms with Crippen molar-refractivity contribution in [1.29, 1.82) is 0 Å². The minimum Gasteiger partial charge on any atom is -0.492 e. The number of hydrogen-bond acceptors (Lipinski definition) is 2. The minimum absolute atomic E-state index is 0.102. The maximum absolute atomic E-state index is 12.7. The van der Waals surface area contributed by atoms with E-state index in [0.29, 0.717) is 13.2 Å². The van der Waals surface area contributed by atoms with Gasteiger partial charge in [-0.2, -0.15) is 0 Å². The molecule has 21 heavy (non-hydrogen) atoms. The monoisotopic (exact) mass is 287 g/mol. The van der Waals surface area contributed by atoms with Crippen molar-refractivity contribution in [3.05, 3.63) is 65.5 Å². The largest absolute Gasteiger partial charge is 0.492 e. The second-order valence-electron chi connectivity index (χ2n) is 4.82. The van der Waals surface area contributed by atoms with Crippen LogP contribution in [0.2, 0.25) is 0 Å². The molecule has 0 fully saturated rings. The summed E-state index contributed by atoms with van der Waals surface area (Å²) in [6.45, 7) is 2.85. The van der Waals surface area contributed by atoms with Crippen LogP contribution < -0.4 is 10.1 Å². The van der Waals surface area contributed by atoms with Gasteiger partial charge in [-0.05, 0) is 42.3 Å². The Kier molecular flexibility index (Phi) is 5.32. The molecule has 0 saturated heterocycles. The highest BCUT2D eigenvalue weighted by Crippen LogP contribution is 2.11. The Bertz CT molecular complexity index is 596. The molecule has 0 unspecified atom stereocenters. The number of benzene rings is 2. The van der Waals surface area contributed by atoms with Gasteiger partial charge in [-0.15, -0.1) is 0 Å². The number of carbonyl (C=O) groups excluding carboxylic acids is 1. The predicted molar refractivity (Wildman–Crippen MR) is 79.8 cm³/mol. The first-order valence-electron chi connectivity index (χ1n) is 6.84. The topological polar surface area (TPSA) is 38.3 Å². The molecule has 0 saturated carbocycles. The summed E-state index contributed by atoms with van der Waals surface area (Å²) in [5.41, 5.74) is 1.92. The standard InChI is InChI=1S/C17H18FNO2/c1-13-3-2-4-16(11-13)21-10-9-19-17(20)12-14-5-7-15(18)8-6-14/h2-8,11H,9-10,12H2,1H3,(H,19,20). The summed E-state index contributed by atoms with van der Waals surface area (Å²) in [6.07, 6.45) is 0.241. The van der Waals surface area contributed by atoms with E-state index in [1.165, 1.54) is 12.1 Å². The number of hydrogen-bond donors (Lipinski definition) is 1. The van der Waals surface area contributed by atoms with E-state index < -0.39 is 0 Å². The second kappa shape index (κ2) is 7.43. The van der Waals surface area contributed by atoms with Crippen molar-refractivity contribution in [1.82, 2.24) is 5.32 Å². The lowest BCUT2D eigenvalue weighted by Gasteiger charge is -2.08. The van der Waals surface area contributed by atoms with E-state index in [2.05, 4.69) is 5.32 Å². The molecule has 0 aliphatic heterocycles. The Morgan fingerprint density at radius 2 is 1.95 bits per heavy atom. The van der Waals surface area contributed by atoms with E-state index in [4.69, 9.17) is 4.74 Å². The summed E-state index contributed by atoms with van der Waals surface area (Å²) in [6, 6.07) is 13.7. The molecule has 0 aliphatic carbocycles. The fourth-order valence-electron chi connectivity index (χ4n) is 1.91. The van der Waals surface area contributed by atoms with Crippen molar-refractivity contribution in [2.45, 2.75) is 13.3 Å². The molecule has 0 aliphatic rings. The van der Waals surface area contributed by atoms with Crippen molar-refractivity contribution < 1.29 is 13.9 Å². The van der Waals surface area contributed by atoms with Crippen LogP contribution in [0.3, 0.4) is 0 Å². The number of rotatable bonds is 6. The zero-order chi connectivity index (χ0) is 15.1. The molecule has 0 radical (unpaired) electrons. The summed E-state index contributed by atoms with van der Waals surface area (Å²) < 4.78 is 18.3. The van der Waals surface area contributed by atoms with Gasteiger partial charge in [0.25, 0.3) is 0 Å². The number of aryl methyl sites for hydroxylation is 1. The highest BCUT2D eigenvalue weighted by molar-refractivity contribution is 5.78. The third-order valence-corrected chi connectivity index (χ3v) is 2.96. The molecule has 2 rings (SSSR count). The first-order chi connectivity index (χ1) is 10.1. The van der Waals surface area contributed by atoms with Crippen LogP contribution in [0.1, 0.15) is 11.1 Å². The van der Waals surface area contributed by atoms with Gasteiger partial charge in [0.2, 0.25) is 5.91 Å². The smallest absolute Gasteiger partial charge is 0.224 e. The summed E-state index contributed by atoms with van der Waals surface area (Å²) in [4.78, 5) is 11.7. The fourth-order valence-corrected chi connectivity index (χ4v) is 1.91. The van der Waals surface area contributed by atoms with Gasteiger partial charge in [-0.25, -0.2) is 4.39 Å². The van der Waals surface area contributed by atoms with Gasteiger partial charge in [-0.1, -0.05) is 24.3 Å².